The molecule has 0 N–H and O–H groups in total. The van der Waals surface area contributed by atoms with Crippen LogP contribution in [0.25, 0.3) is 0 Å². The topological polar surface area (TPSA) is 43.1 Å². The smallest absolute Gasteiger partial charge is 0.258 e. The van der Waals surface area contributed by atoms with Crippen LogP contribution < -0.4 is 0 Å². The Kier molecular flexibility index (Phi) is 4.22. The molecule has 76 valence electrons. The van der Waals surface area contributed by atoms with E-state index in [1.54, 1.807) is 6.07 Å². The first kappa shape index (κ1) is 11.3. The molecule has 0 bridgehead atoms. The molecule has 0 radical (unpaired) electrons. The number of halogens is 1. The fraction of sp³-hybridized carbons (Fsp3) is 0.333. The summed E-state index contributed by atoms with van der Waals surface area (Å²) in [5.74, 6) is 0.712. The van der Waals surface area contributed by atoms with Crippen molar-refractivity contribution in [1.29, 1.82) is 0 Å². The van der Waals surface area contributed by atoms with Gasteiger partial charge in [-0.1, -0.05) is 11.6 Å². The molecule has 0 heterocycles. The Morgan fingerprint density at radius 3 is 2.79 bits per heavy atom. The Morgan fingerprint density at radius 2 is 2.21 bits per heavy atom. The second kappa shape index (κ2) is 5.22. The van der Waals surface area contributed by atoms with Crippen LogP contribution in [0.2, 0.25) is 5.02 Å². The molecular weight excluding hydrogens is 222 g/mol. The highest BCUT2D eigenvalue weighted by Crippen LogP contribution is 2.23. The maximum atomic E-state index is 10.6. The van der Waals surface area contributed by atoms with Gasteiger partial charge in [-0.25, -0.2) is 0 Å². The third kappa shape index (κ3) is 2.89. The van der Waals surface area contributed by atoms with Crippen molar-refractivity contribution >= 4 is 29.9 Å². The van der Waals surface area contributed by atoms with Gasteiger partial charge in [0.15, 0.2) is 0 Å². The highest BCUT2D eigenvalue weighted by molar-refractivity contribution is 7.80. The van der Waals surface area contributed by atoms with Crippen molar-refractivity contribution in [2.45, 2.75) is 12.8 Å². The molecule has 14 heavy (non-hydrogen) atoms. The first-order valence-electron chi connectivity index (χ1n) is 4.19. The third-order valence-electron chi connectivity index (χ3n) is 1.84. The molecule has 0 aliphatic carbocycles. The zero-order chi connectivity index (χ0) is 10.6. The Labute approximate surface area is 92.6 Å². The van der Waals surface area contributed by atoms with Crippen molar-refractivity contribution in [3.63, 3.8) is 0 Å². The summed E-state index contributed by atoms with van der Waals surface area (Å²) in [6.45, 7) is 0. The molecule has 0 amide bonds. The summed E-state index contributed by atoms with van der Waals surface area (Å²) < 4.78 is 0. The van der Waals surface area contributed by atoms with Crippen LogP contribution >= 0.6 is 24.2 Å². The SMILES string of the molecule is O=[N+]([O-])c1ccc(Cl)cc1CCCS. The lowest BCUT2D eigenvalue weighted by Crippen LogP contribution is -1.96. The molecule has 0 fully saturated rings. The fourth-order valence-corrected chi connectivity index (χ4v) is 1.55. The number of thiol groups is 1. The molecule has 0 saturated carbocycles. The number of benzene rings is 1. The maximum Gasteiger partial charge on any atom is 0.272 e. The monoisotopic (exact) mass is 231 g/mol. The van der Waals surface area contributed by atoms with Crippen molar-refractivity contribution in [2.24, 2.45) is 0 Å². The molecule has 0 aliphatic heterocycles. The second-order valence-electron chi connectivity index (χ2n) is 2.86. The van der Waals surface area contributed by atoms with Gasteiger partial charge in [0.25, 0.3) is 5.69 Å². The van der Waals surface area contributed by atoms with E-state index >= 15 is 0 Å². The highest BCUT2D eigenvalue weighted by atomic mass is 35.5. The summed E-state index contributed by atoms with van der Waals surface area (Å²) in [6.07, 6.45) is 1.45. The number of rotatable bonds is 4. The molecule has 1 aromatic rings. The molecule has 1 aromatic carbocycles. The van der Waals surface area contributed by atoms with E-state index in [1.165, 1.54) is 12.1 Å². The summed E-state index contributed by atoms with van der Waals surface area (Å²) in [5, 5.41) is 11.2. The average molecular weight is 232 g/mol. The van der Waals surface area contributed by atoms with E-state index in [0.717, 1.165) is 6.42 Å². The van der Waals surface area contributed by atoms with Gasteiger partial charge in [-0.3, -0.25) is 10.1 Å². The molecule has 0 atom stereocenters. The molecule has 0 spiro atoms. The van der Waals surface area contributed by atoms with Crippen LogP contribution in [-0.4, -0.2) is 10.7 Å². The summed E-state index contributed by atoms with van der Waals surface area (Å²) >= 11 is 9.82. The molecular formula is C9H10ClNO2S. The van der Waals surface area contributed by atoms with E-state index in [0.29, 0.717) is 22.8 Å². The van der Waals surface area contributed by atoms with Crippen LogP contribution in [-0.2, 0) is 6.42 Å². The van der Waals surface area contributed by atoms with Gasteiger partial charge in [-0.05, 0) is 30.7 Å². The van der Waals surface area contributed by atoms with Crippen LogP contribution in [0.15, 0.2) is 18.2 Å². The third-order valence-corrected chi connectivity index (χ3v) is 2.39. The van der Waals surface area contributed by atoms with Crippen LogP contribution in [0.4, 0.5) is 5.69 Å². The predicted octanol–water partition coefficient (Wildman–Crippen LogP) is 3.11. The molecule has 0 aromatic heterocycles. The van der Waals surface area contributed by atoms with Crippen LogP contribution in [0.3, 0.4) is 0 Å². The summed E-state index contributed by atoms with van der Waals surface area (Å²) in [7, 11) is 0. The zero-order valence-corrected chi connectivity index (χ0v) is 9.09. The van der Waals surface area contributed by atoms with Crippen molar-refractivity contribution in [2.75, 3.05) is 5.75 Å². The number of hydrogen-bond acceptors (Lipinski definition) is 3. The number of hydrogen-bond donors (Lipinski definition) is 1. The predicted molar refractivity (Wildman–Crippen MR) is 60.3 cm³/mol. The molecule has 0 unspecified atom stereocenters. The zero-order valence-electron chi connectivity index (χ0n) is 7.44. The summed E-state index contributed by atoms with van der Waals surface area (Å²) in [6, 6.07) is 4.61. The first-order chi connectivity index (χ1) is 6.65. The summed E-state index contributed by atoms with van der Waals surface area (Å²) in [5.41, 5.74) is 0.813. The first-order valence-corrected chi connectivity index (χ1v) is 5.20. The van der Waals surface area contributed by atoms with Gasteiger partial charge in [-0.2, -0.15) is 12.6 Å². The molecule has 3 nitrogen and oxygen atoms in total. The quantitative estimate of drug-likeness (QED) is 0.492. The van der Waals surface area contributed by atoms with Gasteiger partial charge in [0.1, 0.15) is 0 Å². The molecule has 0 aliphatic rings. The number of nitro groups is 1. The largest absolute Gasteiger partial charge is 0.272 e. The standard InChI is InChI=1S/C9H10ClNO2S/c10-8-3-4-9(11(12)13)7(6-8)2-1-5-14/h3-4,6,14H,1-2,5H2. The van der Waals surface area contributed by atoms with E-state index in [9.17, 15) is 10.1 Å². The van der Waals surface area contributed by atoms with Gasteiger partial charge >= 0.3 is 0 Å². The van der Waals surface area contributed by atoms with E-state index in [4.69, 9.17) is 11.6 Å². The minimum atomic E-state index is -0.385. The minimum absolute atomic E-state index is 0.135. The van der Waals surface area contributed by atoms with E-state index in [1.807, 2.05) is 0 Å². The Morgan fingerprint density at radius 1 is 1.50 bits per heavy atom. The second-order valence-corrected chi connectivity index (χ2v) is 3.74. The lowest BCUT2D eigenvalue weighted by molar-refractivity contribution is -0.385. The lowest BCUT2D eigenvalue weighted by atomic mass is 10.1. The van der Waals surface area contributed by atoms with Crippen LogP contribution in [0.5, 0.6) is 0 Å². The Bertz CT molecular complexity index is 344. The van der Waals surface area contributed by atoms with E-state index in [-0.39, 0.29) is 10.6 Å². The maximum absolute atomic E-state index is 10.6. The van der Waals surface area contributed by atoms with Gasteiger partial charge < -0.3 is 0 Å². The molecule has 5 heteroatoms. The van der Waals surface area contributed by atoms with Gasteiger partial charge in [-0.15, -0.1) is 0 Å². The normalized spacial score (nSPS) is 10.1. The Balaban J connectivity index is 2.97. The van der Waals surface area contributed by atoms with Gasteiger partial charge in [0.2, 0.25) is 0 Å². The van der Waals surface area contributed by atoms with Crippen LogP contribution in [0.1, 0.15) is 12.0 Å². The lowest BCUT2D eigenvalue weighted by Gasteiger charge is -2.01. The van der Waals surface area contributed by atoms with E-state index < -0.39 is 0 Å². The van der Waals surface area contributed by atoms with Crippen molar-refractivity contribution in [1.82, 2.24) is 0 Å². The molecule has 1 rings (SSSR count). The fourth-order valence-electron chi connectivity index (χ4n) is 1.20. The van der Waals surface area contributed by atoms with Crippen molar-refractivity contribution < 1.29 is 4.92 Å². The minimum Gasteiger partial charge on any atom is -0.258 e. The van der Waals surface area contributed by atoms with Gasteiger partial charge in [0, 0.05) is 16.7 Å². The van der Waals surface area contributed by atoms with E-state index in [2.05, 4.69) is 12.6 Å². The summed E-state index contributed by atoms with van der Waals surface area (Å²) in [4.78, 5) is 10.3. The number of nitro benzene ring substituents is 1. The van der Waals surface area contributed by atoms with Crippen LogP contribution in [0, 0.1) is 10.1 Å². The van der Waals surface area contributed by atoms with Gasteiger partial charge in [0.05, 0.1) is 4.92 Å². The Hall–Kier alpha value is -0.740. The van der Waals surface area contributed by atoms with Crippen molar-refractivity contribution in [3.8, 4) is 0 Å². The number of aryl methyl sites for hydroxylation is 1. The highest BCUT2D eigenvalue weighted by Gasteiger charge is 2.12. The van der Waals surface area contributed by atoms with Crippen molar-refractivity contribution in [3.05, 3.63) is 38.9 Å². The molecule has 0 saturated heterocycles. The number of nitrogens with zero attached hydrogens (tertiary/aromatic N) is 1. The average Bonchev–Trinajstić information content (AvgIpc) is 2.14.